The molecule has 1 fully saturated rings. The van der Waals surface area contributed by atoms with Crippen molar-refractivity contribution in [2.24, 2.45) is 35.3 Å². The molecule has 10 nitrogen and oxygen atoms in total. The molecule has 0 bridgehead atoms. The number of aromatic amines is 1. The van der Waals surface area contributed by atoms with E-state index >= 15 is 0 Å². The number of nitrogens with one attached hydrogen (secondary N) is 2. The second-order valence-corrected chi connectivity index (χ2v) is 15.6. The molecule has 10 heteroatoms. The lowest BCUT2D eigenvalue weighted by Crippen LogP contribution is -2.52. The van der Waals surface area contributed by atoms with Crippen molar-refractivity contribution in [1.82, 2.24) is 10.3 Å². The van der Waals surface area contributed by atoms with Crippen molar-refractivity contribution in [1.29, 1.82) is 0 Å². The Hall–Kier alpha value is -3.72. The minimum atomic E-state index is -1.18. The number of ether oxygens (including phenoxy) is 1. The zero-order chi connectivity index (χ0) is 36.4. The minimum Gasteiger partial charge on any atom is -0.504 e. The largest absolute Gasteiger partial charge is 0.504 e. The molecule has 2 heterocycles. The van der Waals surface area contributed by atoms with E-state index in [1.165, 1.54) is 0 Å². The van der Waals surface area contributed by atoms with Crippen LogP contribution in [0.4, 0.5) is 0 Å². The number of aromatic nitrogens is 1. The molecule has 0 radical (unpaired) electrons. The summed E-state index contributed by atoms with van der Waals surface area (Å²) in [6.07, 6.45) is 11.0. The number of aliphatic hydroxyl groups is 5. The van der Waals surface area contributed by atoms with Gasteiger partial charge >= 0.3 is 0 Å². The molecule has 0 amide bonds. The van der Waals surface area contributed by atoms with Crippen LogP contribution in [0.1, 0.15) is 80.5 Å². The summed E-state index contributed by atoms with van der Waals surface area (Å²) in [5.41, 5.74) is 11.4. The van der Waals surface area contributed by atoms with Gasteiger partial charge in [-0.15, -0.1) is 0 Å². The van der Waals surface area contributed by atoms with Crippen molar-refractivity contribution in [2.75, 3.05) is 13.2 Å². The number of rotatable bonds is 8. The van der Waals surface area contributed by atoms with E-state index in [4.69, 9.17) is 10.5 Å². The van der Waals surface area contributed by atoms with Crippen LogP contribution in [0.5, 0.6) is 11.5 Å². The molecular weight excluding hydrogens is 658 g/mol. The summed E-state index contributed by atoms with van der Waals surface area (Å²) in [7, 11) is 0. The number of hydrogen-bond donors (Lipinski definition) is 9. The fourth-order valence-corrected chi connectivity index (χ4v) is 9.59. The fraction of sp³-hybridized carbons (Fsp3) is 0.571. The van der Waals surface area contributed by atoms with Crippen molar-refractivity contribution in [2.45, 2.75) is 107 Å². The van der Waals surface area contributed by atoms with E-state index < -0.39 is 36.4 Å². The maximum atomic E-state index is 11.8. The van der Waals surface area contributed by atoms with Crippen LogP contribution in [0.2, 0.25) is 0 Å². The standard InChI is InChI=1S/C42H55N3O7/c43-39-20-27(13-16-45-39)31(21-29-5-3-15-44-29)30-11-12-35(48)41(51)42(30)52-38-23-33-26(19-36(38)49)10-9-25-18-28-8-7-24(14-17-46)4-1-2-6-34(47)40(28)37(50)22-32(25)33/h3,5,13,15,18-20,23-24,28,30-32,34-35,37,40-42,44-51H,1-2,4,6,9-12,14,16-17,21-22,43H2. The highest BCUT2D eigenvalue weighted by molar-refractivity contribution is 5.52. The van der Waals surface area contributed by atoms with Gasteiger partial charge in [-0.25, -0.2) is 0 Å². The first-order chi connectivity index (χ1) is 25.2. The second kappa shape index (κ2) is 16.1. The maximum absolute atomic E-state index is 11.8. The van der Waals surface area contributed by atoms with Crippen LogP contribution in [0.25, 0.3) is 0 Å². The minimum absolute atomic E-state index is 0.0251. The van der Waals surface area contributed by atoms with Crippen molar-refractivity contribution in [3.63, 3.8) is 0 Å². The van der Waals surface area contributed by atoms with E-state index in [1.807, 2.05) is 30.5 Å². The Balaban J connectivity index is 1.22. The third-order valence-electron chi connectivity index (χ3n) is 12.4. The predicted octanol–water partition coefficient (Wildman–Crippen LogP) is 3.68. The fourth-order valence-electron chi connectivity index (χ4n) is 9.59. The van der Waals surface area contributed by atoms with E-state index in [0.717, 1.165) is 53.7 Å². The molecule has 1 aromatic carbocycles. The second-order valence-electron chi connectivity index (χ2n) is 15.6. The van der Waals surface area contributed by atoms with Crippen LogP contribution >= 0.6 is 0 Å². The van der Waals surface area contributed by atoms with E-state index in [2.05, 4.69) is 34.3 Å². The molecule has 1 aliphatic heterocycles. The average molecular weight is 714 g/mol. The van der Waals surface area contributed by atoms with Crippen molar-refractivity contribution < 1.29 is 35.4 Å². The summed E-state index contributed by atoms with van der Waals surface area (Å²) in [5.74, 6) is 6.50. The van der Waals surface area contributed by atoms with Gasteiger partial charge in [0.25, 0.3) is 0 Å². The first kappa shape index (κ1) is 36.6. The highest BCUT2D eigenvalue weighted by Gasteiger charge is 2.45. The molecule has 4 aliphatic carbocycles. The van der Waals surface area contributed by atoms with Gasteiger partial charge in [0.2, 0.25) is 0 Å². The highest BCUT2D eigenvalue weighted by atomic mass is 16.5. The number of benzene rings is 1. The zero-order valence-electron chi connectivity index (χ0n) is 29.8. The molecule has 11 atom stereocenters. The zero-order valence-corrected chi connectivity index (χ0v) is 29.8. The maximum Gasteiger partial charge on any atom is 0.161 e. The lowest BCUT2D eigenvalue weighted by atomic mass is 9.70. The molecule has 2 aromatic rings. The van der Waals surface area contributed by atoms with Crippen LogP contribution in [0, 0.1) is 41.4 Å². The number of aromatic hydroxyl groups is 1. The van der Waals surface area contributed by atoms with Crippen molar-refractivity contribution in [3.05, 3.63) is 82.5 Å². The van der Waals surface area contributed by atoms with Crippen LogP contribution in [-0.4, -0.2) is 79.3 Å². The number of aliphatic hydroxyl groups excluding tert-OH is 5. The smallest absolute Gasteiger partial charge is 0.161 e. The molecule has 1 saturated carbocycles. The Morgan fingerprint density at radius 1 is 0.981 bits per heavy atom. The number of phenolic OH excluding ortho intramolecular Hbond substituents is 1. The van der Waals surface area contributed by atoms with Gasteiger partial charge in [0, 0.05) is 54.6 Å². The quantitative estimate of drug-likeness (QED) is 0.146. The van der Waals surface area contributed by atoms with E-state index in [0.29, 0.717) is 57.3 Å². The molecule has 10 N–H and O–H groups in total. The number of fused-ring (bicyclic) bond motifs is 4. The Kier molecular flexibility index (Phi) is 11.3. The number of aryl methyl sites for hydroxylation is 1. The Morgan fingerprint density at radius 3 is 2.62 bits per heavy atom. The molecule has 11 unspecified atom stereocenters. The normalized spacial score (nSPS) is 33.9. The average Bonchev–Trinajstić information content (AvgIpc) is 3.59. The van der Waals surface area contributed by atoms with E-state index in [-0.39, 0.29) is 47.7 Å². The summed E-state index contributed by atoms with van der Waals surface area (Å²) in [6, 6.07) is 7.61. The summed E-state index contributed by atoms with van der Waals surface area (Å²) in [4.78, 5) is 3.31. The summed E-state index contributed by atoms with van der Waals surface area (Å²) in [5, 5.41) is 69.8. The molecule has 52 heavy (non-hydrogen) atoms. The number of H-pyrrole nitrogens is 1. The molecule has 7 rings (SSSR count). The van der Waals surface area contributed by atoms with Crippen LogP contribution in [0.3, 0.4) is 0 Å². The monoisotopic (exact) mass is 713 g/mol. The van der Waals surface area contributed by atoms with Gasteiger partial charge in [-0.2, -0.15) is 0 Å². The van der Waals surface area contributed by atoms with E-state index in [1.54, 1.807) is 6.07 Å². The van der Waals surface area contributed by atoms with Gasteiger partial charge in [-0.3, -0.25) is 0 Å². The lowest BCUT2D eigenvalue weighted by Gasteiger charge is -2.43. The van der Waals surface area contributed by atoms with Crippen LogP contribution in [0.15, 0.2) is 65.7 Å². The molecular formula is C42H55N3O7. The number of allylic oxidation sites excluding steroid dienone is 4. The first-order valence-electron chi connectivity index (χ1n) is 19.3. The number of dihydropyridines is 1. The number of phenols is 1. The van der Waals surface area contributed by atoms with Gasteiger partial charge < -0.3 is 51.4 Å². The van der Waals surface area contributed by atoms with Crippen LogP contribution in [-0.2, 0) is 12.8 Å². The number of nitrogens with two attached hydrogens (primary N) is 1. The summed E-state index contributed by atoms with van der Waals surface area (Å²) < 4.78 is 6.68. The van der Waals surface area contributed by atoms with Gasteiger partial charge in [0.05, 0.1) is 24.1 Å². The van der Waals surface area contributed by atoms with Crippen molar-refractivity contribution >= 4 is 0 Å². The summed E-state index contributed by atoms with van der Waals surface area (Å²) >= 11 is 0. The summed E-state index contributed by atoms with van der Waals surface area (Å²) in [6.45, 7) is 0.673. The Morgan fingerprint density at radius 2 is 1.83 bits per heavy atom. The van der Waals surface area contributed by atoms with E-state index in [9.17, 15) is 30.6 Å². The molecule has 0 saturated heterocycles. The third kappa shape index (κ3) is 7.80. The van der Waals surface area contributed by atoms with Crippen molar-refractivity contribution in [3.8, 4) is 23.3 Å². The Bertz CT molecular complexity index is 1710. The lowest BCUT2D eigenvalue weighted by molar-refractivity contribution is -0.108. The van der Waals surface area contributed by atoms with Crippen LogP contribution < -0.4 is 15.8 Å². The third-order valence-corrected chi connectivity index (χ3v) is 12.4. The Labute approximate surface area is 306 Å². The topological polar surface area (TPSA) is 184 Å². The van der Waals surface area contributed by atoms with Gasteiger partial charge in [0.15, 0.2) is 11.5 Å². The SMILES string of the molecule is NC1=CC(C(Cc2ccc[nH]2)C2CCC(O)C(O)C2Oc2cc3c(cc2O)CCC2=CC4C#CC(CCO)CCCCC(O)C4C(O)CC23)=CCN1. The molecule has 5 aliphatic rings. The predicted molar refractivity (Wildman–Crippen MR) is 198 cm³/mol. The number of hydrogen-bond acceptors (Lipinski definition) is 9. The molecule has 1 aromatic heterocycles. The molecule has 280 valence electrons. The van der Waals surface area contributed by atoms with Gasteiger partial charge in [-0.05, 0) is 111 Å². The van der Waals surface area contributed by atoms with Gasteiger partial charge in [0.1, 0.15) is 12.2 Å². The highest BCUT2D eigenvalue weighted by Crippen LogP contribution is 2.49. The molecule has 0 spiro atoms. The van der Waals surface area contributed by atoms with Gasteiger partial charge in [-0.1, -0.05) is 42.4 Å². The first-order valence-corrected chi connectivity index (χ1v) is 19.3.